The average Bonchev–Trinajstić information content (AvgIpc) is 2.50. The fraction of sp³-hybridized carbons (Fsp3) is 0.571. The Morgan fingerprint density at radius 3 is 2.75 bits per heavy atom. The SMILES string of the molecule is CCc1nnc(C(C)C(=O)O)o1. The molecule has 1 aromatic rings. The summed E-state index contributed by atoms with van der Waals surface area (Å²) in [6.07, 6.45) is 0.624. The zero-order valence-corrected chi connectivity index (χ0v) is 6.94. The molecule has 5 nitrogen and oxygen atoms in total. The van der Waals surface area contributed by atoms with Crippen molar-refractivity contribution in [2.75, 3.05) is 0 Å². The van der Waals surface area contributed by atoms with Crippen LogP contribution in [0.3, 0.4) is 0 Å². The third kappa shape index (κ3) is 1.61. The van der Waals surface area contributed by atoms with E-state index in [0.717, 1.165) is 0 Å². The molecule has 0 saturated heterocycles. The lowest BCUT2D eigenvalue weighted by molar-refractivity contribution is -0.138. The van der Waals surface area contributed by atoms with E-state index in [1.165, 1.54) is 6.92 Å². The van der Waals surface area contributed by atoms with Crippen LogP contribution < -0.4 is 0 Å². The first-order valence-corrected chi connectivity index (χ1v) is 3.70. The number of hydrogen-bond acceptors (Lipinski definition) is 4. The monoisotopic (exact) mass is 170 g/mol. The minimum atomic E-state index is -0.957. The quantitative estimate of drug-likeness (QED) is 0.726. The van der Waals surface area contributed by atoms with Crippen molar-refractivity contribution in [1.82, 2.24) is 10.2 Å². The van der Waals surface area contributed by atoms with Gasteiger partial charge in [-0.1, -0.05) is 6.92 Å². The van der Waals surface area contributed by atoms with E-state index in [1.54, 1.807) is 0 Å². The zero-order valence-electron chi connectivity index (χ0n) is 6.94. The molecule has 0 bridgehead atoms. The first-order chi connectivity index (χ1) is 5.65. The van der Waals surface area contributed by atoms with Gasteiger partial charge in [-0.05, 0) is 6.92 Å². The highest BCUT2D eigenvalue weighted by Gasteiger charge is 2.19. The molecule has 0 amide bonds. The van der Waals surface area contributed by atoms with Crippen LogP contribution in [0.5, 0.6) is 0 Å². The second-order valence-corrected chi connectivity index (χ2v) is 2.45. The van der Waals surface area contributed by atoms with Gasteiger partial charge in [0.05, 0.1) is 0 Å². The molecular formula is C7H10N2O3. The van der Waals surface area contributed by atoms with Crippen LogP contribution in [0.15, 0.2) is 4.42 Å². The van der Waals surface area contributed by atoms with Crippen LogP contribution >= 0.6 is 0 Å². The predicted molar refractivity (Wildman–Crippen MR) is 39.7 cm³/mol. The lowest BCUT2D eigenvalue weighted by atomic mass is 10.2. The summed E-state index contributed by atoms with van der Waals surface area (Å²) in [6, 6.07) is 0. The Balaban J connectivity index is 2.81. The van der Waals surface area contributed by atoms with Crippen molar-refractivity contribution in [3.8, 4) is 0 Å². The molecule has 1 heterocycles. The van der Waals surface area contributed by atoms with Gasteiger partial charge < -0.3 is 9.52 Å². The highest BCUT2D eigenvalue weighted by Crippen LogP contribution is 2.13. The summed E-state index contributed by atoms with van der Waals surface area (Å²) in [5.41, 5.74) is 0. The van der Waals surface area contributed by atoms with E-state index in [1.807, 2.05) is 6.92 Å². The smallest absolute Gasteiger partial charge is 0.315 e. The number of aryl methyl sites for hydroxylation is 1. The summed E-state index contributed by atoms with van der Waals surface area (Å²) in [5, 5.41) is 15.9. The molecule has 0 fully saturated rings. The molecule has 1 rings (SSSR count). The Morgan fingerprint density at radius 1 is 1.67 bits per heavy atom. The van der Waals surface area contributed by atoms with Crippen molar-refractivity contribution in [3.63, 3.8) is 0 Å². The summed E-state index contributed by atoms with van der Waals surface area (Å²) in [6.45, 7) is 3.37. The maximum absolute atomic E-state index is 10.5. The fourth-order valence-electron chi connectivity index (χ4n) is 0.690. The van der Waals surface area contributed by atoms with Gasteiger partial charge >= 0.3 is 5.97 Å². The number of aromatic nitrogens is 2. The van der Waals surface area contributed by atoms with Gasteiger partial charge in [0.1, 0.15) is 5.92 Å². The lowest BCUT2D eigenvalue weighted by Crippen LogP contribution is -2.07. The molecule has 5 heteroatoms. The number of carbonyl (C=O) groups is 1. The third-order valence-corrected chi connectivity index (χ3v) is 1.53. The minimum Gasteiger partial charge on any atom is -0.481 e. The molecule has 0 aromatic carbocycles. The summed E-state index contributed by atoms with van der Waals surface area (Å²) in [5.74, 6) is -1.04. The van der Waals surface area contributed by atoms with Gasteiger partial charge in [0.15, 0.2) is 0 Å². The largest absolute Gasteiger partial charge is 0.481 e. The third-order valence-electron chi connectivity index (χ3n) is 1.53. The van der Waals surface area contributed by atoms with Crippen LogP contribution in [-0.2, 0) is 11.2 Å². The van der Waals surface area contributed by atoms with Gasteiger partial charge in [0.2, 0.25) is 11.8 Å². The standard InChI is InChI=1S/C7H10N2O3/c1-3-5-8-9-6(12-5)4(2)7(10)11/h4H,3H2,1-2H3,(H,10,11). The summed E-state index contributed by atoms with van der Waals surface area (Å²) < 4.78 is 5.05. The average molecular weight is 170 g/mol. The van der Waals surface area contributed by atoms with E-state index in [9.17, 15) is 4.79 Å². The highest BCUT2D eigenvalue weighted by molar-refractivity contribution is 5.73. The van der Waals surface area contributed by atoms with Crippen molar-refractivity contribution >= 4 is 5.97 Å². The summed E-state index contributed by atoms with van der Waals surface area (Å²) in [7, 11) is 0. The van der Waals surface area contributed by atoms with E-state index in [2.05, 4.69) is 10.2 Å². The number of rotatable bonds is 3. The second kappa shape index (κ2) is 3.34. The summed E-state index contributed by atoms with van der Waals surface area (Å²) in [4.78, 5) is 10.5. The van der Waals surface area contributed by atoms with Crippen LogP contribution in [-0.4, -0.2) is 21.3 Å². The lowest BCUT2D eigenvalue weighted by Gasteiger charge is -1.96. The molecular weight excluding hydrogens is 160 g/mol. The van der Waals surface area contributed by atoms with E-state index in [0.29, 0.717) is 12.3 Å². The predicted octanol–water partition coefficient (Wildman–Crippen LogP) is 0.820. The van der Waals surface area contributed by atoms with E-state index < -0.39 is 11.9 Å². The Bertz CT molecular complexity index is 282. The van der Waals surface area contributed by atoms with Crippen molar-refractivity contribution in [3.05, 3.63) is 11.8 Å². The van der Waals surface area contributed by atoms with Crippen LogP contribution in [0.2, 0.25) is 0 Å². The van der Waals surface area contributed by atoms with Gasteiger partial charge in [-0.3, -0.25) is 4.79 Å². The fourth-order valence-corrected chi connectivity index (χ4v) is 0.690. The number of hydrogen-bond donors (Lipinski definition) is 1. The second-order valence-electron chi connectivity index (χ2n) is 2.45. The van der Waals surface area contributed by atoms with Crippen LogP contribution in [0.4, 0.5) is 0 Å². The molecule has 0 aliphatic heterocycles. The van der Waals surface area contributed by atoms with Crippen molar-refractivity contribution < 1.29 is 14.3 Å². The maximum atomic E-state index is 10.5. The van der Waals surface area contributed by atoms with E-state index in [-0.39, 0.29) is 5.89 Å². The number of aliphatic carboxylic acids is 1. The van der Waals surface area contributed by atoms with Gasteiger partial charge in [-0.25, -0.2) is 0 Å². The van der Waals surface area contributed by atoms with Crippen LogP contribution in [0, 0.1) is 0 Å². The molecule has 1 unspecified atom stereocenters. The van der Waals surface area contributed by atoms with Gasteiger partial charge in [0, 0.05) is 6.42 Å². The van der Waals surface area contributed by atoms with Crippen LogP contribution in [0.25, 0.3) is 0 Å². The Morgan fingerprint density at radius 2 is 2.33 bits per heavy atom. The number of carboxylic acids is 1. The first kappa shape index (κ1) is 8.70. The molecule has 1 N–H and O–H groups in total. The normalized spacial score (nSPS) is 12.8. The summed E-state index contributed by atoms with van der Waals surface area (Å²) >= 11 is 0. The molecule has 66 valence electrons. The van der Waals surface area contributed by atoms with E-state index in [4.69, 9.17) is 9.52 Å². The molecule has 0 aliphatic rings. The van der Waals surface area contributed by atoms with Gasteiger partial charge in [-0.2, -0.15) is 0 Å². The number of nitrogens with zero attached hydrogens (tertiary/aromatic N) is 2. The zero-order chi connectivity index (χ0) is 9.14. The van der Waals surface area contributed by atoms with Gasteiger partial charge in [-0.15, -0.1) is 10.2 Å². The van der Waals surface area contributed by atoms with Crippen molar-refractivity contribution in [2.45, 2.75) is 26.2 Å². The van der Waals surface area contributed by atoms with E-state index >= 15 is 0 Å². The first-order valence-electron chi connectivity index (χ1n) is 3.70. The molecule has 0 radical (unpaired) electrons. The Hall–Kier alpha value is -1.39. The minimum absolute atomic E-state index is 0.166. The molecule has 1 aromatic heterocycles. The molecule has 0 saturated carbocycles. The number of carboxylic acid groups (broad SMARTS) is 1. The molecule has 0 aliphatic carbocycles. The van der Waals surface area contributed by atoms with Gasteiger partial charge in [0.25, 0.3) is 0 Å². The molecule has 1 atom stereocenters. The molecule has 12 heavy (non-hydrogen) atoms. The Labute approximate surface area is 69.4 Å². The topological polar surface area (TPSA) is 76.2 Å². The highest BCUT2D eigenvalue weighted by atomic mass is 16.4. The van der Waals surface area contributed by atoms with Crippen molar-refractivity contribution in [1.29, 1.82) is 0 Å². The maximum Gasteiger partial charge on any atom is 0.315 e. The van der Waals surface area contributed by atoms with Crippen molar-refractivity contribution in [2.24, 2.45) is 0 Å². The van der Waals surface area contributed by atoms with Crippen LogP contribution in [0.1, 0.15) is 31.5 Å². The Kier molecular flexibility index (Phi) is 2.42. The molecule has 0 spiro atoms.